The fraction of sp³-hybridized carbons (Fsp3) is 0.312. The van der Waals surface area contributed by atoms with E-state index in [2.05, 4.69) is 22.1 Å². The van der Waals surface area contributed by atoms with Gasteiger partial charge in [0.25, 0.3) is 0 Å². The minimum Gasteiger partial charge on any atom is -0.351 e. The molecule has 1 amide bonds. The molecule has 0 bridgehead atoms. The van der Waals surface area contributed by atoms with E-state index in [-0.39, 0.29) is 11.7 Å². The number of allylic oxidation sites excluding steroid dienone is 1. The Morgan fingerprint density at radius 1 is 1.43 bits per heavy atom. The van der Waals surface area contributed by atoms with Crippen molar-refractivity contribution in [2.75, 3.05) is 5.75 Å². The summed E-state index contributed by atoms with van der Waals surface area (Å²) in [7, 11) is 0. The third-order valence-electron chi connectivity index (χ3n) is 3.19. The van der Waals surface area contributed by atoms with Crippen LogP contribution in [0.15, 0.2) is 42.1 Å². The first-order valence-electron chi connectivity index (χ1n) is 7.31. The summed E-state index contributed by atoms with van der Waals surface area (Å²) < 4.78 is 1.97. The minimum absolute atomic E-state index is 0.0684. The maximum atomic E-state index is 12.0. The topological polar surface area (TPSA) is 59.8 Å². The number of carbonyl (C=O) groups is 1. The van der Waals surface area contributed by atoms with Gasteiger partial charge in [0, 0.05) is 24.5 Å². The van der Waals surface area contributed by atoms with Gasteiger partial charge in [0.15, 0.2) is 5.16 Å². The summed E-state index contributed by atoms with van der Waals surface area (Å²) in [5.74, 6) is 1.11. The van der Waals surface area contributed by atoms with Gasteiger partial charge in [0.2, 0.25) is 5.91 Å². The zero-order valence-electron chi connectivity index (χ0n) is 13.0. The summed E-state index contributed by atoms with van der Waals surface area (Å²) in [5, 5.41) is 12.5. The second-order valence-corrected chi connectivity index (χ2v) is 6.16. The largest absolute Gasteiger partial charge is 0.351 e. The Hall–Kier alpha value is -1.79. The number of thioether (sulfide) groups is 1. The first kappa shape index (κ1) is 17.6. The molecule has 1 aromatic heterocycles. The highest BCUT2D eigenvalue weighted by Gasteiger charge is 2.12. The van der Waals surface area contributed by atoms with Crippen LogP contribution in [-0.2, 0) is 24.3 Å². The molecule has 0 aliphatic carbocycles. The zero-order valence-corrected chi connectivity index (χ0v) is 14.5. The third-order valence-corrected chi connectivity index (χ3v) is 4.52. The van der Waals surface area contributed by atoms with Crippen molar-refractivity contribution in [3.05, 3.63) is 53.3 Å². The predicted octanol–water partition coefficient (Wildman–Crippen LogP) is 3.09. The molecule has 0 saturated carbocycles. The van der Waals surface area contributed by atoms with Crippen molar-refractivity contribution in [1.82, 2.24) is 20.1 Å². The molecule has 0 fully saturated rings. The van der Waals surface area contributed by atoms with E-state index >= 15 is 0 Å². The highest BCUT2D eigenvalue weighted by atomic mass is 35.5. The molecule has 0 atom stereocenters. The molecule has 0 saturated heterocycles. The molecule has 122 valence electrons. The van der Waals surface area contributed by atoms with Crippen molar-refractivity contribution in [2.24, 2.45) is 0 Å². The number of hydrogen-bond acceptors (Lipinski definition) is 4. The summed E-state index contributed by atoms with van der Waals surface area (Å²) in [6, 6.07) is 7.46. The van der Waals surface area contributed by atoms with Gasteiger partial charge in [0.05, 0.1) is 5.75 Å². The average molecular weight is 351 g/mol. The lowest BCUT2D eigenvalue weighted by Crippen LogP contribution is -2.24. The van der Waals surface area contributed by atoms with Gasteiger partial charge in [-0.2, -0.15) is 0 Å². The number of halogens is 1. The van der Waals surface area contributed by atoms with Crippen molar-refractivity contribution < 1.29 is 4.79 Å². The lowest BCUT2D eigenvalue weighted by Gasteiger charge is -2.08. The zero-order chi connectivity index (χ0) is 16.7. The van der Waals surface area contributed by atoms with Crippen LogP contribution in [0.5, 0.6) is 0 Å². The summed E-state index contributed by atoms with van der Waals surface area (Å²) in [6.45, 7) is 6.82. The number of nitrogens with one attached hydrogen (secondary N) is 1. The molecule has 2 rings (SSSR count). The molecule has 0 radical (unpaired) electrons. The number of aryl methyl sites for hydroxylation is 1. The van der Waals surface area contributed by atoms with Crippen molar-refractivity contribution in [3.8, 4) is 0 Å². The molecule has 5 nitrogen and oxygen atoms in total. The molecule has 1 N–H and O–H groups in total. The van der Waals surface area contributed by atoms with Crippen LogP contribution in [0.4, 0.5) is 0 Å². The first-order chi connectivity index (χ1) is 11.2. The molecule has 0 aliphatic heterocycles. The minimum atomic E-state index is -0.0684. The van der Waals surface area contributed by atoms with E-state index in [0.717, 1.165) is 23.0 Å². The van der Waals surface area contributed by atoms with E-state index in [0.29, 0.717) is 18.1 Å². The van der Waals surface area contributed by atoms with E-state index in [1.165, 1.54) is 11.8 Å². The number of benzene rings is 1. The maximum absolute atomic E-state index is 12.0. The number of nitrogens with zero attached hydrogens (tertiary/aromatic N) is 3. The van der Waals surface area contributed by atoms with Crippen LogP contribution in [0.2, 0.25) is 5.02 Å². The predicted molar refractivity (Wildman–Crippen MR) is 93.6 cm³/mol. The van der Waals surface area contributed by atoms with Crippen molar-refractivity contribution in [3.63, 3.8) is 0 Å². The molecule has 1 aromatic carbocycles. The van der Waals surface area contributed by atoms with E-state index in [4.69, 9.17) is 11.6 Å². The lowest BCUT2D eigenvalue weighted by atomic mass is 10.2. The Bertz CT molecular complexity index is 686. The highest BCUT2D eigenvalue weighted by molar-refractivity contribution is 7.99. The van der Waals surface area contributed by atoms with Gasteiger partial charge in [-0.1, -0.05) is 54.6 Å². The van der Waals surface area contributed by atoms with Gasteiger partial charge in [-0.05, 0) is 11.6 Å². The maximum Gasteiger partial charge on any atom is 0.230 e. The highest BCUT2D eigenvalue weighted by Crippen LogP contribution is 2.18. The van der Waals surface area contributed by atoms with Crippen molar-refractivity contribution >= 4 is 29.3 Å². The fourth-order valence-electron chi connectivity index (χ4n) is 2.02. The van der Waals surface area contributed by atoms with Crippen molar-refractivity contribution in [1.29, 1.82) is 0 Å². The standard InChI is InChI=1S/C16H19ClN4OS/c1-3-9-21-14(4-2)19-20-16(21)23-11-15(22)18-10-12-7-5-6-8-13(12)17/h3,5-8H,1,4,9-11H2,2H3,(H,18,22). The Labute approximate surface area is 145 Å². The molecule has 2 aromatic rings. The van der Waals surface area contributed by atoms with E-state index in [9.17, 15) is 4.79 Å². The van der Waals surface area contributed by atoms with Crippen LogP contribution in [0.25, 0.3) is 0 Å². The molecular formula is C16H19ClN4OS. The summed E-state index contributed by atoms with van der Waals surface area (Å²) in [4.78, 5) is 12.0. The molecule has 23 heavy (non-hydrogen) atoms. The Morgan fingerprint density at radius 3 is 2.91 bits per heavy atom. The second-order valence-electron chi connectivity index (χ2n) is 4.81. The molecule has 0 unspecified atom stereocenters. The summed E-state index contributed by atoms with van der Waals surface area (Å²) in [5.41, 5.74) is 0.899. The van der Waals surface area contributed by atoms with Gasteiger partial charge in [-0.25, -0.2) is 0 Å². The molecule has 1 heterocycles. The van der Waals surface area contributed by atoms with Gasteiger partial charge in [-0.15, -0.1) is 16.8 Å². The summed E-state index contributed by atoms with van der Waals surface area (Å²) >= 11 is 7.43. The monoisotopic (exact) mass is 350 g/mol. The second kappa shape index (κ2) is 8.74. The molecule has 7 heteroatoms. The number of aromatic nitrogens is 3. The number of hydrogen-bond donors (Lipinski definition) is 1. The fourth-order valence-corrected chi connectivity index (χ4v) is 3.02. The van der Waals surface area contributed by atoms with Gasteiger partial charge in [0.1, 0.15) is 5.82 Å². The molecule has 0 aliphatic rings. The SMILES string of the molecule is C=CCn1c(CC)nnc1SCC(=O)NCc1ccccc1Cl. The number of carbonyl (C=O) groups excluding carboxylic acids is 1. The van der Waals surface area contributed by atoms with Crippen LogP contribution in [-0.4, -0.2) is 26.4 Å². The Balaban J connectivity index is 1.88. The van der Waals surface area contributed by atoms with E-state index < -0.39 is 0 Å². The molecule has 0 spiro atoms. The van der Waals surface area contributed by atoms with Crippen LogP contribution in [0.1, 0.15) is 18.3 Å². The Kier molecular flexibility index (Phi) is 6.67. The van der Waals surface area contributed by atoms with Crippen LogP contribution in [0, 0.1) is 0 Å². The number of amides is 1. The third kappa shape index (κ3) is 4.84. The van der Waals surface area contributed by atoms with E-state index in [1.54, 1.807) is 6.08 Å². The Morgan fingerprint density at radius 2 is 2.22 bits per heavy atom. The van der Waals surface area contributed by atoms with Crippen LogP contribution >= 0.6 is 23.4 Å². The number of rotatable bonds is 8. The lowest BCUT2D eigenvalue weighted by molar-refractivity contribution is -0.118. The quantitative estimate of drug-likeness (QED) is 0.587. The average Bonchev–Trinajstić information content (AvgIpc) is 2.94. The van der Waals surface area contributed by atoms with Gasteiger partial charge >= 0.3 is 0 Å². The van der Waals surface area contributed by atoms with Gasteiger partial charge in [-0.3, -0.25) is 4.79 Å². The van der Waals surface area contributed by atoms with Crippen molar-refractivity contribution in [2.45, 2.75) is 31.6 Å². The summed E-state index contributed by atoms with van der Waals surface area (Å²) in [6.07, 6.45) is 2.59. The van der Waals surface area contributed by atoms with Crippen LogP contribution in [0.3, 0.4) is 0 Å². The molecular weight excluding hydrogens is 332 g/mol. The van der Waals surface area contributed by atoms with Gasteiger partial charge < -0.3 is 9.88 Å². The normalized spacial score (nSPS) is 10.5. The smallest absolute Gasteiger partial charge is 0.230 e. The first-order valence-corrected chi connectivity index (χ1v) is 8.68. The van der Waals surface area contributed by atoms with Crippen LogP contribution < -0.4 is 5.32 Å². The van der Waals surface area contributed by atoms with E-state index in [1.807, 2.05) is 35.8 Å².